The molecule has 0 saturated carbocycles. The molecule has 1 atom stereocenters. The van der Waals surface area contributed by atoms with Crippen molar-refractivity contribution in [3.05, 3.63) is 290 Å². The van der Waals surface area contributed by atoms with E-state index in [0.29, 0.717) is 0 Å². The second-order valence-corrected chi connectivity index (χ2v) is 21.9. The summed E-state index contributed by atoms with van der Waals surface area (Å²) in [6.45, 7) is 2.42. The van der Waals surface area contributed by atoms with Crippen LogP contribution in [-0.2, 0) is 5.41 Å². The zero-order valence-electron chi connectivity index (χ0n) is 43.1. The maximum atomic E-state index is 6.72. The van der Waals surface area contributed by atoms with Crippen LogP contribution < -0.4 is 9.80 Å². The van der Waals surface area contributed by atoms with Crippen molar-refractivity contribution in [1.82, 2.24) is 0 Å². The molecular formula is C74H48N2O2S. The standard InChI is InChI=1S/C74H48N2O2S/c1-74(50-18-5-2-6-19-50)61-27-16-28-63(76(64-29-17-32-68-73(64)58-25-11-13-30-65(58)77-68)53-38-34-47(35-39-53)48-37-43-70-59(44-48)56-24-12-14-33-69(56)79-70)72(61)57-41-36-49(45-62(57)74)55-26-15-31-67-71(55)60-46-54(40-42-66(60)78-67)75(51-20-7-3-8-21-51)52-22-9-4-10-23-52/h2-46H,1H3. The van der Waals surface area contributed by atoms with Crippen molar-refractivity contribution in [2.24, 2.45) is 0 Å². The summed E-state index contributed by atoms with van der Waals surface area (Å²) in [7, 11) is 0. The molecule has 16 rings (SSSR count). The van der Waals surface area contributed by atoms with Crippen LogP contribution in [0, 0.1) is 0 Å². The number of nitrogens with zero attached hydrogens (tertiary/aromatic N) is 2. The third kappa shape index (κ3) is 7.06. The zero-order valence-corrected chi connectivity index (χ0v) is 43.9. The number of hydrogen-bond acceptors (Lipinski definition) is 5. The smallest absolute Gasteiger partial charge is 0.137 e. The average molecular weight is 1030 g/mol. The fourth-order valence-electron chi connectivity index (χ4n) is 12.9. The fraction of sp³-hybridized carbons (Fsp3) is 0.0270. The molecule has 372 valence electrons. The van der Waals surface area contributed by atoms with Crippen LogP contribution in [-0.4, -0.2) is 0 Å². The van der Waals surface area contributed by atoms with Crippen molar-refractivity contribution in [2.75, 3.05) is 9.80 Å². The molecule has 0 aliphatic heterocycles. The van der Waals surface area contributed by atoms with Crippen molar-refractivity contribution in [3.8, 4) is 33.4 Å². The van der Waals surface area contributed by atoms with Crippen LogP contribution in [0.3, 0.4) is 0 Å². The Balaban J connectivity index is 0.889. The lowest BCUT2D eigenvalue weighted by atomic mass is 9.74. The van der Waals surface area contributed by atoms with Gasteiger partial charge in [-0.1, -0.05) is 164 Å². The number of furan rings is 2. The van der Waals surface area contributed by atoms with Crippen molar-refractivity contribution in [3.63, 3.8) is 0 Å². The maximum Gasteiger partial charge on any atom is 0.137 e. The molecule has 1 aliphatic rings. The molecule has 0 spiro atoms. The van der Waals surface area contributed by atoms with E-state index in [4.69, 9.17) is 8.83 Å². The lowest BCUT2D eigenvalue weighted by Crippen LogP contribution is -2.22. The molecule has 0 amide bonds. The predicted molar refractivity (Wildman–Crippen MR) is 332 cm³/mol. The van der Waals surface area contributed by atoms with E-state index in [1.165, 1.54) is 59.1 Å². The van der Waals surface area contributed by atoms with Crippen LogP contribution in [0.2, 0.25) is 0 Å². The second-order valence-electron chi connectivity index (χ2n) is 20.9. The van der Waals surface area contributed by atoms with E-state index in [9.17, 15) is 0 Å². The van der Waals surface area contributed by atoms with E-state index in [-0.39, 0.29) is 0 Å². The SMILES string of the molecule is CC1(c2ccccc2)c2cc(-c3cccc4oc5ccc(N(c6ccccc6)c6ccccc6)cc5c34)ccc2-c2c(N(c3ccc(-c4ccc5sc6ccccc6c5c4)cc3)c3cccc4oc5ccccc5c34)cccc21. The van der Waals surface area contributed by atoms with E-state index in [1.807, 2.05) is 11.3 Å². The van der Waals surface area contributed by atoms with Crippen molar-refractivity contribution in [1.29, 1.82) is 0 Å². The lowest BCUT2D eigenvalue weighted by Gasteiger charge is -2.31. The number of rotatable bonds is 9. The third-order valence-corrected chi connectivity index (χ3v) is 17.7. The molecular weight excluding hydrogens is 981 g/mol. The molecule has 1 unspecified atom stereocenters. The molecule has 0 fully saturated rings. The van der Waals surface area contributed by atoms with Crippen molar-refractivity contribution < 1.29 is 8.83 Å². The largest absolute Gasteiger partial charge is 0.456 e. The van der Waals surface area contributed by atoms with Crippen molar-refractivity contribution >= 4 is 110 Å². The summed E-state index contributed by atoms with van der Waals surface area (Å²) in [6.07, 6.45) is 0. The minimum absolute atomic E-state index is 0.516. The Kier molecular flexibility index (Phi) is 10.2. The first-order valence-corrected chi connectivity index (χ1v) is 27.8. The van der Waals surface area contributed by atoms with Crippen LogP contribution >= 0.6 is 11.3 Å². The summed E-state index contributed by atoms with van der Waals surface area (Å²) in [5, 5.41) is 6.92. The van der Waals surface area contributed by atoms with Gasteiger partial charge in [0.1, 0.15) is 22.3 Å². The Bertz CT molecular complexity index is 4820. The highest BCUT2D eigenvalue weighted by atomic mass is 32.1. The topological polar surface area (TPSA) is 32.8 Å². The number of thiophene rings is 1. The lowest BCUT2D eigenvalue weighted by molar-refractivity contribution is 0.668. The van der Waals surface area contributed by atoms with Gasteiger partial charge in [-0.15, -0.1) is 11.3 Å². The van der Waals surface area contributed by atoms with Crippen molar-refractivity contribution in [2.45, 2.75) is 12.3 Å². The number of para-hydroxylation sites is 3. The number of anilines is 6. The molecule has 1 aliphatic carbocycles. The summed E-state index contributed by atoms with van der Waals surface area (Å²) in [4.78, 5) is 4.79. The van der Waals surface area contributed by atoms with Gasteiger partial charge in [0.2, 0.25) is 0 Å². The van der Waals surface area contributed by atoms with E-state index >= 15 is 0 Å². The van der Waals surface area contributed by atoms with E-state index in [2.05, 4.69) is 290 Å². The Morgan fingerprint density at radius 1 is 0.329 bits per heavy atom. The average Bonchev–Trinajstić information content (AvgIpc) is 4.45. The van der Waals surface area contributed by atoms with Gasteiger partial charge in [-0.3, -0.25) is 0 Å². The van der Waals surface area contributed by atoms with Crippen LogP contribution in [0.5, 0.6) is 0 Å². The summed E-state index contributed by atoms with van der Waals surface area (Å²) in [6, 6.07) is 99.0. The van der Waals surface area contributed by atoms with Gasteiger partial charge in [-0.25, -0.2) is 0 Å². The summed E-state index contributed by atoms with van der Waals surface area (Å²) in [5.41, 5.74) is 20.1. The molecule has 3 heterocycles. The molecule has 3 aromatic heterocycles. The highest BCUT2D eigenvalue weighted by Gasteiger charge is 2.43. The van der Waals surface area contributed by atoms with Gasteiger partial charge in [0.25, 0.3) is 0 Å². The Morgan fingerprint density at radius 3 is 1.70 bits per heavy atom. The first-order valence-electron chi connectivity index (χ1n) is 27.0. The van der Waals surface area contributed by atoms with Gasteiger partial charge in [0, 0.05) is 70.1 Å². The molecule has 4 nitrogen and oxygen atoms in total. The molecule has 12 aromatic carbocycles. The van der Waals surface area contributed by atoms with Gasteiger partial charge in [-0.2, -0.15) is 0 Å². The Hall–Kier alpha value is -9.94. The van der Waals surface area contributed by atoms with Crippen LogP contribution in [0.1, 0.15) is 23.6 Å². The minimum Gasteiger partial charge on any atom is -0.456 e. The van der Waals surface area contributed by atoms with E-state index in [1.54, 1.807) is 0 Å². The van der Waals surface area contributed by atoms with Crippen LogP contribution in [0.4, 0.5) is 34.1 Å². The van der Waals surface area contributed by atoms with Gasteiger partial charge in [0.05, 0.1) is 16.8 Å². The first kappa shape index (κ1) is 45.3. The van der Waals surface area contributed by atoms with Crippen LogP contribution in [0.15, 0.2) is 282 Å². The van der Waals surface area contributed by atoms with Gasteiger partial charge in [-0.05, 0) is 161 Å². The first-order chi connectivity index (χ1) is 39.0. The van der Waals surface area contributed by atoms with Gasteiger partial charge in [0.15, 0.2) is 0 Å². The van der Waals surface area contributed by atoms with E-state index < -0.39 is 5.41 Å². The second kappa shape index (κ2) is 17.8. The Labute approximate surface area is 460 Å². The van der Waals surface area contributed by atoms with Gasteiger partial charge < -0.3 is 18.6 Å². The highest BCUT2D eigenvalue weighted by molar-refractivity contribution is 7.25. The predicted octanol–water partition coefficient (Wildman–Crippen LogP) is 21.5. The molecule has 0 N–H and O–H groups in total. The normalized spacial score (nSPS) is 13.9. The zero-order chi connectivity index (χ0) is 52.2. The molecule has 0 saturated heterocycles. The molecule has 0 radical (unpaired) electrons. The minimum atomic E-state index is -0.516. The quantitative estimate of drug-likeness (QED) is 0.144. The summed E-state index contributed by atoms with van der Waals surface area (Å²) in [5.74, 6) is 0. The molecule has 0 bridgehead atoms. The molecule has 15 aromatic rings. The monoisotopic (exact) mass is 1030 g/mol. The number of benzene rings is 12. The number of hydrogen-bond donors (Lipinski definition) is 0. The fourth-order valence-corrected chi connectivity index (χ4v) is 13.9. The van der Waals surface area contributed by atoms with Gasteiger partial charge >= 0.3 is 0 Å². The maximum absolute atomic E-state index is 6.72. The number of fused-ring (bicyclic) bond motifs is 12. The third-order valence-electron chi connectivity index (χ3n) is 16.5. The summed E-state index contributed by atoms with van der Waals surface area (Å²) < 4.78 is 16.0. The Morgan fingerprint density at radius 2 is 0.911 bits per heavy atom. The summed E-state index contributed by atoms with van der Waals surface area (Å²) >= 11 is 1.85. The molecule has 79 heavy (non-hydrogen) atoms. The highest BCUT2D eigenvalue weighted by Crippen LogP contribution is 2.58. The molecule has 5 heteroatoms. The van der Waals surface area contributed by atoms with E-state index in [0.717, 1.165) is 89.1 Å². The van der Waals surface area contributed by atoms with Crippen LogP contribution in [0.25, 0.3) is 97.4 Å².